The summed E-state index contributed by atoms with van der Waals surface area (Å²) in [6, 6.07) is 56.4. The lowest BCUT2D eigenvalue weighted by Gasteiger charge is -2.20. The number of hydrogen-bond donors (Lipinski definition) is 0. The van der Waals surface area contributed by atoms with Crippen LogP contribution in [0.25, 0.3) is 125 Å². The summed E-state index contributed by atoms with van der Waals surface area (Å²) < 4.78 is 0. The Kier molecular flexibility index (Phi) is 6.19. The zero-order chi connectivity index (χ0) is 38.1. The number of nitrogens with zero attached hydrogens (tertiary/aromatic N) is 3. The van der Waals surface area contributed by atoms with E-state index in [1.54, 1.807) is 12.1 Å². The number of fused-ring (bicyclic) bond motifs is 11. The standard InChI is InChI=1S/C54H27N3/c1-29-19-30(27-55)15-18-35(29)41-21-49-51-25-45-39-14-6-10-32-8-4-12-37(54(32)39)43(45)23-48(51)46(40-20-34(57-2)17-16-33(40)28-56)26-52(49)50-24-44-38-13-5-9-31-7-3-11-36(53(31)38)42(44)22-47(41)50/h3-26H,1H3. The van der Waals surface area contributed by atoms with Gasteiger partial charge in [0.05, 0.1) is 29.8 Å². The fraction of sp³-hybridized carbons (Fsp3) is 0.0185. The second-order valence-electron chi connectivity index (χ2n) is 15.3. The molecule has 0 radical (unpaired) electrons. The Morgan fingerprint density at radius 1 is 0.404 bits per heavy atom. The molecule has 0 amide bonds. The normalized spacial score (nSPS) is 11.9. The molecule has 10 aromatic carbocycles. The van der Waals surface area contributed by atoms with Crippen molar-refractivity contribution in [2.24, 2.45) is 0 Å². The molecule has 258 valence electrons. The van der Waals surface area contributed by atoms with Gasteiger partial charge in [0, 0.05) is 0 Å². The molecule has 3 nitrogen and oxygen atoms in total. The molecule has 0 heterocycles. The van der Waals surface area contributed by atoms with E-state index >= 15 is 0 Å². The van der Waals surface area contributed by atoms with Crippen LogP contribution in [0.5, 0.6) is 0 Å². The molecule has 0 unspecified atom stereocenters. The van der Waals surface area contributed by atoms with Gasteiger partial charge in [0.2, 0.25) is 0 Å². The maximum Gasteiger partial charge on any atom is 0.187 e. The summed E-state index contributed by atoms with van der Waals surface area (Å²) in [4.78, 5) is 3.80. The molecule has 0 saturated heterocycles. The van der Waals surface area contributed by atoms with Crippen molar-refractivity contribution in [3.05, 3.63) is 174 Å². The van der Waals surface area contributed by atoms with Crippen molar-refractivity contribution in [1.29, 1.82) is 10.5 Å². The minimum Gasteiger partial charge on any atom is -0.238 e. The molecule has 12 rings (SSSR count). The lowest BCUT2D eigenvalue weighted by atomic mass is 9.83. The third-order valence-electron chi connectivity index (χ3n) is 12.5. The van der Waals surface area contributed by atoms with Crippen molar-refractivity contribution >= 4 is 59.5 Å². The summed E-state index contributed by atoms with van der Waals surface area (Å²) in [5.41, 5.74) is 16.3. The number of aryl methyl sites for hydroxylation is 1. The average Bonchev–Trinajstić information content (AvgIpc) is 3.75. The van der Waals surface area contributed by atoms with Gasteiger partial charge in [-0.25, -0.2) is 4.85 Å². The van der Waals surface area contributed by atoms with Crippen LogP contribution in [-0.2, 0) is 0 Å². The highest BCUT2D eigenvalue weighted by Crippen LogP contribution is 2.54. The second-order valence-corrected chi connectivity index (χ2v) is 15.3. The predicted molar refractivity (Wildman–Crippen MR) is 234 cm³/mol. The molecule has 0 atom stereocenters. The van der Waals surface area contributed by atoms with Gasteiger partial charge in [0.1, 0.15) is 0 Å². The van der Waals surface area contributed by atoms with Gasteiger partial charge in [-0.2, -0.15) is 10.5 Å². The Morgan fingerprint density at radius 3 is 1.32 bits per heavy atom. The van der Waals surface area contributed by atoms with Crippen LogP contribution in [0.4, 0.5) is 5.69 Å². The first-order valence-electron chi connectivity index (χ1n) is 19.1. The van der Waals surface area contributed by atoms with Gasteiger partial charge in [-0.3, -0.25) is 0 Å². The highest BCUT2D eigenvalue weighted by molar-refractivity contribution is 6.29. The van der Waals surface area contributed by atoms with Crippen molar-refractivity contribution in [1.82, 2.24) is 0 Å². The smallest absolute Gasteiger partial charge is 0.187 e. The van der Waals surface area contributed by atoms with Gasteiger partial charge in [0.25, 0.3) is 0 Å². The number of rotatable bonds is 2. The van der Waals surface area contributed by atoms with E-state index in [2.05, 4.69) is 139 Å². The van der Waals surface area contributed by atoms with Crippen molar-refractivity contribution in [2.75, 3.05) is 0 Å². The molecule has 0 aliphatic heterocycles. The topological polar surface area (TPSA) is 51.9 Å². The third kappa shape index (κ3) is 4.17. The molecule has 10 aromatic rings. The minimum absolute atomic E-state index is 0.496. The van der Waals surface area contributed by atoms with E-state index in [-0.39, 0.29) is 0 Å². The molecule has 0 saturated carbocycles. The second kappa shape index (κ2) is 11.3. The van der Waals surface area contributed by atoms with Gasteiger partial charge in [-0.1, -0.05) is 91.0 Å². The summed E-state index contributed by atoms with van der Waals surface area (Å²) in [5.74, 6) is 0. The summed E-state index contributed by atoms with van der Waals surface area (Å²) >= 11 is 0. The highest BCUT2D eigenvalue weighted by atomic mass is 14.6. The monoisotopic (exact) mass is 717 g/mol. The molecule has 2 aliphatic rings. The van der Waals surface area contributed by atoms with E-state index in [4.69, 9.17) is 6.57 Å². The average molecular weight is 718 g/mol. The van der Waals surface area contributed by atoms with Gasteiger partial charge in [-0.05, 0) is 188 Å². The van der Waals surface area contributed by atoms with E-state index in [1.807, 2.05) is 18.2 Å². The molecular weight excluding hydrogens is 691 g/mol. The SMILES string of the molecule is [C-]#[N+]c1ccc(C#N)c(-c2cc3c4cc5c(cc4c(-c4ccc(C#N)cc4C)cc3c3cc4c(cc23)-c2cccc3cccc-4c23)-c2cccc3cccc-5c23)c1. The quantitative estimate of drug-likeness (QED) is 0.132. The Balaban J connectivity index is 1.29. The van der Waals surface area contributed by atoms with E-state index in [1.165, 1.54) is 66.1 Å². The Bertz CT molecular complexity index is 3670. The molecule has 2 aliphatic carbocycles. The molecule has 3 heteroatoms. The summed E-state index contributed by atoms with van der Waals surface area (Å²) in [5, 5.41) is 31.8. The highest BCUT2D eigenvalue weighted by Gasteiger charge is 2.27. The van der Waals surface area contributed by atoms with Crippen molar-refractivity contribution < 1.29 is 0 Å². The number of nitriles is 2. The van der Waals surface area contributed by atoms with Crippen LogP contribution in [0, 0.1) is 36.2 Å². The molecule has 0 aromatic heterocycles. The lowest BCUT2D eigenvalue weighted by Crippen LogP contribution is -1.94. The van der Waals surface area contributed by atoms with Crippen molar-refractivity contribution in [2.45, 2.75) is 6.92 Å². The molecule has 0 N–H and O–H groups in total. The molecule has 0 fully saturated rings. The largest absolute Gasteiger partial charge is 0.238 e. The van der Waals surface area contributed by atoms with E-state index in [0.29, 0.717) is 16.8 Å². The third-order valence-corrected chi connectivity index (χ3v) is 12.5. The molecule has 0 spiro atoms. The summed E-state index contributed by atoms with van der Waals surface area (Å²) in [6.07, 6.45) is 0. The van der Waals surface area contributed by atoms with Crippen LogP contribution in [-0.4, -0.2) is 0 Å². The van der Waals surface area contributed by atoms with E-state index in [0.717, 1.165) is 60.1 Å². The Hall–Kier alpha value is -8.03. The van der Waals surface area contributed by atoms with Crippen LogP contribution in [0.2, 0.25) is 0 Å². The fourth-order valence-corrected chi connectivity index (χ4v) is 10.0. The zero-order valence-electron chi connectivity index (χ0n) is 30.7. The fourth-order valence-electron chi connectivity index (χ4n) is 10.0. The predicted octanol–water partition coefficient (Wildman–Crippen LogP) is 14.7. The maximum absolute atomic E-state index is 10.5. The molecular formula is C54H27N3. The van der Waals surface area contributed by atoms with Gasteiger partial charge in [0.15, 0.2) is 5.69 Å². The number of benzene rings is 10. The first kappa shape index (κ1) is 31.3. The van der Waals surface area contributed by atoms with Gasteiger partial charge < -0.3 is 0 Å². The summed E-state index contributed by atoms with van der Waals surface area (Å²) in [6.45, 7) is 10.0. The Morgan fingerprint density at radius 2 is 0.860 bits per heavy atom. The Labute approximate surface area is 328 Å². The van der Waals surface area contributed by atoms with E-state index in [9.17, 15) is 10.5 Å². The lowest BCUT2D eigenvalue weighted by molar-refractivity contribution is 1.42. The van der Waals surface area contributed by atoms with Gasteiger partial charge in [-0.15, -0.1) is 0 Å². The zero-order valence-corrected chi connectivity index (χ0v) is 30.7. The van der Waals surface area contributed by atoms with Crippen LogP contribution < -0.4 is 0 Å². The maximum atomic E-state index is 10.5. The van der Waals surface area contributed by atoms with Crippen LogP contribution in [0.1, 0.15) is 16.7 Å². The molecule has 0 bridgehead atoms. The minimum atomic E-state index is 0.496. The van der Waals surface area contributed by atoms with Crippen LogP contribution >= 0.6 is 0 Å². The molecule has 57 heavy (non-hydrogen) atoms. The van der Waals surface area contributed by atoms with Gasteiger partial charge >= 0.3 is 0 Å². The van der Waals surface area contributed by atoms with Crippen molar-refractivity contribution in [3.8, 4) is 78.9 Å². The summed E-state index contributed by atoms with van der Waals surface area (Å²) in [7, 11) is 0. The first-order valence-corrected chi connectivity index (χ1v) is 19.1. The van der Waals surface area contributed by atoms with Crippen LogP contribution in [0.3, 0.4) is 0 Å². The first-order chi connectivity index (χ1) is 28.0. The van der Waals surface area contributed by atoms with Crippen molar-refractivity contribution in [3.63, 3.8) is 0 Å². The van der Waals surface area contributed by atoms with E-state index < -0.39 is 0 Å². The number of hydrogen-bond acceptors (Lipinski definition) is 2. The van der Waals surface area contributed by atoms with Crippen LogP contribution in [0.15, 0.2) is 146 Å².